The number of ether oxygens (including phenoxy) is 1. The Labute approximate surface area is 143 Å². The van der Waals surface area contributed by atoms with Gasteiger partial charge in [0.1, 0.15) is 5.75 Å². The molecule has 1 aromatic carbocycles. The molecule has 0 N–H and O–H groups in total. The van der Waals surface area contributed by atoms with E-state index in [-0.39, 0.29) is 5.91 Å². The highest BCUT2D eigenvalue weighted by atomic mass is 16.5. The van der Waals surface area contributed by atoms with E-state index in [9.17, 15) is 4.79 Å². The van der Waals surface area contributed by atoms with E-state index in [1.807, 2.05) is 50.2 Å². The Balaban J connectivity index is 2.10. The van der Waals surface area contributed by atoms with Crippen molar-refractivity contribution in [3.8, 4) is 5.75 Å². The summed E-state index contributed by atoms with van der Waals surface area (Å²) in [5.41, 5.74) is 2.96. The highest BCUT2D eigenvalue weighted by Gasteiger charge is 2.22. The highest BCUT2D eigenvalue weighted by Crippen LogP contribution is 2.21. The van der Waals surface area contributed by atoms with Gasteiger partial charge < -0.3 is 9.64 Å². The van der Waals surface area contributed by atoms with Crippen LogP contribution in [0.1, 0.15) is 23.7 Å². The number of hydrogen-bond acceptors (Lipinski definition) is 3. The number of carbonyl (C=O) groups is 1. The first kappa shape index (κ1) is 17.7. The largest absolute Gasteiger partial charge is 0.481 e. The molecule has 0 saturated heterocycles. The average Bonchev–Trinajstić information content (AvgIpc) is 2.58. The maximum absolute atomic E-state index is 12.8. The number of aromatic nitrogens is 1. The van der Waals surface area contributed by atoms with Crippen molar-refractivity contribution in [1.82, 2.24) is 9.88 Å². The van der Waals surface area contributed by atoms with E-state index in [1.165, 1.54) is 0 Å². The molecule has 2 rings (SSSR count). The van der Waals surface area contributed by atoms with Gasteiger partial charge in [-0.1, -0.05) is 24.3 Å². The Morgan fingerprint density at radius 2 is 2.12 bits per heavy atom. The third kappa shape index (κ3) is 4.69. The van der Waals surface area contributed by atoms with E-state index in [2.05, 4.69) is 11.6 Å². The maximum atomic E-state index is 12.8. The minimum atomic E-state index is -0.575. The molecule has 4 heteroatoms. The van der Waals surface area contributed by atoms with Gasteiger partial charge in [-0.25, -0.2) is 0 Å². The molecule has 0 bridgehead atoms. The van der Waals surface area contributed by atoms with Gasteiger partial charge >= 0.3 is 0 Å². The summed E-state index contributed by atoms with van der Waals surface area (Å²) in [7, 11) is 0. The molecule has 0 radical (unpaired) electrons. The van der Waals surface area contributed by atoms with Crippen LogP contribution in [0, 0.1) is 13.8 Å². The Bertz CT molecular complexity index is 698. The zero-order valence-electron chi connectivity index (χ0n) is 14.5. The number of amides is 1. The van der Waals surface area contributed by atoms with E-state index in [0.29, 0.717) is 13.1 Å². The molecule has 1 heterocycles. The number of carbonyl (C=O) groups excluding carboxylic acids is 1. The highest BCUT2D eigenvalue weighted by molar-refractivity contribution is 5.81. The first-order chi connectivity index (χ1) is 11.5. The molecule has 1 amide bonds. The van der Waals surface area contributed by atoms with Crippen LogP contribution in [0.2, 0.25) is 0 Å². The molecule has 0 saturated carbocycles. The van der Waals surface area contributed by atoms with Crippen molar-refractivity contribution in [3.05, 3.63) is 72.1 Å². The summed E-state index contributed by atoms with van der Waals surface area (Å²) < 4.78 is 5.91. The lowest BCUT2D eigenvalue weighted by Crippen LogP contribution is -2.40. The topological polar surface area (TPSA) is 42.4 Å². The minimum absolute atomic E-state index is 0.0820. The first-order valence-corrected chi connectivity index (χ1v) is 8.04. The molecule has 4 nitrogen and oxygen atoms in total. The van der Waals surface area contributed by atoms with Crippen LogP contribution < -0.4 is 4.74 Å². The molecule has 1 atom stereocenters. The van der Waals surface area contributed by atoms with Crippen molar-refractivity contribution in [2.75, 3.05) is 6.54 Å². The molecular formula is C20H24N2O2. The van der Waals surface area contributed by atoms with Gasteiger partial charge in [0.05, 0.1) is 12.2 Å². The Morgan fingerprint density at radius 3 is 2.79 bits per heavy atom. The van der Waals surface area contributed by atoms with Crippen molar-refractivity contribution in [2.24, 2.45) is 0 Å². The Kier molecular flexibility index (Phi) is 6.13. The first-order valence-electron chi connectivity index (χ1n) is 8.04. The third-order valence-corrected chi connectivity index (χ3v) is 3.74. The van der Waals surface area contributed by atoms with Crippen LogP contribution in [0.15, 0.2) is 55.3 Å². The van der Waals surface area contributed by atoms with Gasteiger partial charge in [0.25, 0.3) is 5.91 Å². The molecule has 0 fully saturated rings. The fourth-order valence-corrected chi connectivity index (χ4v) is 2.41. The van der Waals surface area contributed by atoms with E-state index >= 15 is 0 Å². The second-order valence-corrected chi connectivity index (χ2v) is 5.86. The van der Waals surface area contributed by atoms with Gasteiger partial charge in [-0.2, -0.15) is 0 Å². The molecule has 0 spiro atoms. The quantitative estimate of drug-likeness (QED) is 0.730. The molecule has 1 unspecified atom stereocenters. The molecular weight excluding hydrogens is 300 g/mol. The summed E-state index contributed by atoms with van der Waals surface area (Å²) in [6, 6.07) is 11.6. The predicted molar refractivity (Wildman–Crippen MR) is 95.9 cm³/mol. The molecule has 1 aromatic heterocycles. The van der Waals surface area contributed by atoms with Crippen molar-refractivity contribution >= 4 is 5.91 Å². The Hall–Kier alpha value is -2.62. The number of pyridine rings is 1. The van der Waals surface area contributed by atoms with E-state index in [4.69, 9.17) is 4.74 Å². The molecule has 24 heavy (non-hydrogen) atoms. The number of rotatable bonds is 7. The number of hydrogen-bond donors (Lipinski definition) is 0. The average molecular weight is 324 g/mol. The van der Waals surface area contributed by atoms with Crippen LogP contribution >= 0.6 is 0 Å². The van der Waals surface area contributed by atoms with Crippen LogP contribution in [0.3, 0.4) is 0 Å². The lowest BCUT2D eigenvalue weighted by atomic mass is 10.1. The zero-order chi connectivity index (χ0) is 17.5. The summed E-state index contributed by atoms with van der Waals surface area (Å²) in [6.07, 6.45) is 2.86. The van der Waals surface area contributed by atoms with Crippen LogP contribution in [0.4, 0.5) is 0 Å². The van der Waals surface area contributed by atoms with Gasteiger partial charge in [0, 0.05) is 12.7 Å². The van der Waals surface area contributed by atoms with Gasteiger partial charge in [0.15, 0.2) is 6.10 Å². The van der Waals surface area contributed by atoms with Crippen LogP contribution in [-0.2, 0) is 11.3 Å². The van der Waals surface area contributed by atoms with Gasteiger partial charge in [-0.15, -0.1) is 6.58 Å². The van der Waals surface area contributed by atoms with Crippen molar-refractivity contribution in [2.45, 2.75) is 33.4 Å². The molecule has 2 aromatic rings. The fourth-order valence-electron chi connectivity index (χ4n) is 2.41. The van der Waals surface area contributed by atoms with Crippen LogP contribution in [0.5, 0.6) is 5.75 Å². The lowest BCUT2D eigenvalue weighted by molar-refractivity contribution is -0.138. The zero-order valence-corrected chi connectivity index (χ0v) is 14.5. The van der Waals surface area contributed by atoms with E-state index in [0.717, 1.165) is 22.6 Å². The molecule has 0 aliphatic carbocycles. The lowest BCUT2D eigenvalue weighted by Gasteiger charge is -2.25. The van der Waals surface area contributed by atoms with Gasteiger partial charge in [-0.3, -0.25) is 9.78 Å². The summed E-state index contributed by atoms with van der Waals surface area (Å²) in [6.45, 7) is 10.4. The smallest absolute Gasteiger partial charge is 0.263 e. The number of benzene rings is 1. The van der Waals surface area contributed by atoms with Crippen molar-refractivity contribution in [3.63, 3.8) is 0 Å². The van der Waals surface area contributed by atoms with Gasteiger partial charge in [0.2, 0.25) is 0 Å². The van der Waals surface area contributed by atoms with Crippen LogP contribution in [0.25, 0.3) is 0 Å². The number of nitrogens with zero attached hydrogens (tertiary/aromatic N) is 2. The molecule has 0 aliphatic rings. The molecule has 0 aliphatic heterocycles. The second-order valence-electron chi connectivity index (χ2n) is 5.86. The SMILES string of the molecule is C=CCN(Cc1ccccn1)C(=O)C(C)Oc1cc(C)ccc1C. The number of aryl methyl sites for hydroxylation is 2. The van der Waals surface area contributed by atoms with Crippen LogP contribution in [-0.4, -0.2) is 28.4 Å². The fraction of sp³-hybridized carbons (Fsp3) is 0.300. The van der Waals surface area contributed by atoms with Crippen molar-refractivity contribution in [1.29, 1.82) is 0 Å². The molecule has 126 valence electrons. The minimum Gasteiger partial charge on any atom is -0.481 e. The summed E-state index contributed by atoms with van der Waals surface area (Å²) >= 11 is 0. The Morgan fingerprint density at radius 1 is 1.33 bits per heavy atom. The monoisotopic (exact) mass is 324 g/mol. The second kappa shape index (κ2) is 8.29. The normalized spacial score (nSPS) is 11.6. The van der Waals surface area contributed by atoms with Crippen molar-refractivity contribution < 1.29 is 9.53 Å². The maximum Gasteiger partial charge on any atom is 0.263 e. The third-order valence-electron chi connectivity index (χ3n) is 3.74. The summed E-state index contributed by atoms with van der Waals surface area (Å²) in [4.78, 5) is 18.7. The van der Waals surface area contributed by atoms with E-state index < -0.39 is 6.10 Å². The predicted octanol–water partition coefficient (Wildman–Crippen LogP) is 3.68. The van der Waals surface area contributed by atoms with E-state index in [1.54, 1.807) is 24.1 Å². The van der Waals surface area contributed by atoms with Gasteiger partial charge in [-0.05, 0) is 50.1 Å². The summed E-state index contributed by atoms with van der Waals surface area (Å²) in [5.74, 6) is 0.661. The standard InChI is InChI=1S/C20H24N2O2/c1-5-12-22(14-18-8-6-7-11-21-18)20(23)17(4)24-19-13-15(2)9-10-16(19)3/h5-11,13,17H,1,12,14H2,2-4H3. The summed E-state index contributed by atoms with van der Waals surface area (Å²) in [5, 5.41) is 0.